The highest BCUT2D eigenvalue weighted by atomic mass is 16.1. The number of nitrogens with zero attached hydrogens (tertiary/aromatic N) is 2. The van der Waals surface area contributed by atoms with Crippen molar-refractivity contribution in [1.29, 1.82) is 0 Å². The van der Waals surface area contributed by atoms with Gasteiger partial charge in [0.15, 0.2) is 0 Å². The number of amides is 1. The van der Waals surface area contributed by atoms with Crippen LogP contribution in [0.15, 0.2) is 18.2 Å². The van der Waals surface area contributed by atoms with Gasteiger partial charge in [-0.1, -0.05) is 6.07 Å². The van der Waals surface area contributed by atoms with Crippen molar-refractivity contribution in [1.82, 2.24) is 10.3 Å². The highest BCUT2D eigenvalue weighted by Gasteiger charge is 2.20. The lowest BCUT2D eigenvalue weighted by atomic mass is 9.97. The summed E-state index contributed by atoms with van der Waals surface area (Å²) in [6.07, 6.45) is 2.16. The maximum Gasteiger partial charge on any atom is 0.216 e. The third-order valence-corrected chi connectivity index (χ3v) is 3.33. The molecule has 0 atom stereocenters. The number of nitrogens with two attached hydrogens (primary N) is 1. The quantitative estimate of drug-likeness (QED) is 0.837. The van der Waals surface area contributed by atoms with Crippen molar-refractivity contribution >= 4 is 17.5 Å². The number of piperidine rings is 1. The lowest BCUT2D eigenvalue weighted by Crippen LogP contribution is -2.38. The maximum atomic E-state index is 10.9. The lowest BCUT2D eigenvalue weighted by Gasteiger charge is -2.32. The van der Waals surface area contributed by atoms with E-state index in [9.17, 15) is 4.79 Å². The van der Waals surface area contributed by atoms with E-state index >= 15 is 0 Å². The minimum absolute atomic E-state index is 0.0509. The zero-order chi connectivity index (χ0) is 13.0. The number of pyridine rings is 1. The van der Waals surface area contributed by atoms with E-state index in [0.717, 1.165) is 38.3 Å². The predicted molar refractivity (Wildman–Crippen MR) is 72.3 cm³/mol. The van der Waals surface area contributed by atoms with E-state index in [0.29, 0.717) is 11.7 Å². The van der Waals surface area contributed by atoms with Crippen molar-refractivity contribution in [3.8, 4) is 0 Å². The molecule has 5 heteroatoms. The summed E-state index contributed by atoms with van der Waals surface area (Å²) in [6.45, 7) is 4.29. The van der Waals surface area contributed by atoms with Crippen LogP contribution in [0.1, 0.15) is 19.8 Å². The van der Waals surface area contributed by atoms with Gasteiger partial charge in [0.25, 0.3) is 0 Å². The maximum absolute atomic E-state index is 10.9. The molecule has 1 aromatic rings. The van der Waals surface area contributed by atoms with Gasteiger partial charge in [-0.05, 0) is 30.9 Å². The molecule has 2 heterocycles. The van der Waals surface area contributed by atoms with Crippen LogP contribution in [0.5, 0.6) is 0 Å². The third-order valence-electron chi connectivity index (χ3n) is 3.33. The fourth-order valence-corrected chi connectivity index (χ4v) is 2.27. The zero-order valence-corrected chi connectivity index (χ0v) is 10.7. The fraction of sp³-hybridized carbons (Fsp3) is 0.538. The summed E-state index contributed by atoms with van der Waals surface area (Å²) in [5.74, 6) is 2.14. The molecule has 2 rings (SSSR count). The Morgan fingerprint density at radius 1 is 1.50 bits per heavy atom. The fourth-order valence-electron chi connectivity index (χ4n) is 2.27. The monoisotopic (exact) mass is 248 g/mol. The molecule has 1 aliphatic rings. The topological polar surface area (TPSA) is 71.2 Å². The Morgan fingerprint density at radius 2 is 2.22 bits per heavy atom. The summed E-state index contributed by atoms with van der Waals surface area (Å²) in [4.78, 5) is 17.4. The van der Waals surface area contributed by atoms with Crippen LogP contribution in [0.25, 0.3) is 0 Å². The van der Waals surface area contributed by atoms with E-state index in [4.69, 9.17) is 5.73 Å². The van der Waals surface area contributed by atoms with Gasteiger partial charge in [0, 0.05) is 26.6 Å². The number of anilines is 2. The number of carbonyl (C=O) groups excluding carboxylic acids is 1. The number of rotatable bonds is 3. The summed E-state index contributed by atoms with van der Waals surface area (Å²) in [5.41, 5.74) is 5.69. The highest BCUT2D eigenvalue weighted by Crippen LogP contribution is 2.21. The molecule has 1 saturated heterocycles. The van der Waals surface area contributed by atoms with Gasteiger partial charge in [0.05, 0.1) is 0 Å². The first-order valence-electron chi connectivity index (χ1n) is 6.37. The first-order valence-corrected chi connectivity index (χ1v) is 6.37. The first-order chi connectivity index (χ1) is 8.65. The Bertz CT molecular complexity index is 413. The molecule has 1 amide bonds. The molecule has 1 fully saturated rings. The normalized spacial score (nSPS) is 16.6. The highest BCUT2D eigenvalue weighted by molar-refractivity contribution is 5.72. The Hall–Kier alpha value is -1.78. The molecule has 98 valence electrons. The predicted octanol–water partition coefficient (Wildman–Crippen LogP) is 1.02. The molecule has 0 radical (unpaired) electrons. The second kappa shape index (κ2) is 5.71. The molecule has 0 saturated carbocycles. The first kappa shape index (κ1) is 12.7. The molecular formula is C13H20N4O. The second-order valence-corrected chi connectivity index (χ2v) is 4.79. The number of nitrogen functional groups attached to an aromatic ring is 1. The number of nitrogens with one attached hydrogen (secondary N) is 1. The van der Waals surface area contributed by atoms with Gasteiger partial charge in [0.2, 0.25) is 5.91 Å². The van der Waals surface area contributed by atoms with Gasteiger partial charge >= 0.3 is 0 Å². The van der Waals surface area contributed by atoms with Crippen LogP contribution in [0.3, 0.4) is 0 Å². The van der Waals surface area contributed by atoms with Crippen molar-refractivity contribution in [2.75, 3.05) is 30.3 Å². The van der Waals surface area contributed by atoms with Crippen LogP contribution >= 0.6 is 0 Å². The summed E-state index contributed by atoms with van der Waals surface area (Å²) in [6, 6.07) is 5.72. The van der Waals surface area contributed by atoms with Crippen LogP contribution in [-0.4, -0.2) is 30.5 Å². The molecule has 18 heavy (non-hydrogen) atoms. The average Bonchev–Trinajstić information content (AvgIpc) is 2.37. The van der Waals surface area contributed by atoms with E-state index in [1.807, 2.05) is 12.1 Å². The summed E-state index contributed by atoms with van der Waals surface area (Å²) in [5, 5.41) is 2.89. The van der Waals surface area contributed by atoms with Gasteiger partial charge in [0.1, 0.15) is 11.6 Å². The summed E-state index contributed by atoms with van der Waals surface area (Å²) >= 11 is 0. The molecule has 0 unspecified atom stereocenters. The Balaban J connectivity index is 1.85. The van der Waals surface area contributed by atoms with Gasteiger partial charge in [-0.25, -0.2) is 4.98 Å². The van der Waals surface area contributed by atoms with Gasteiger partial charge in [-0.15, -0.1) is 0 Å². The SMILES string of the molecule is CC(=O)NCC1CCN(c2cccc(N)n2)CC1. The molecule has 0 aliphatic carbocycles. The van der Waals surface area contributed by atoms with E-state index in [2.05, 4.69) is 15.2 Å². The Labute approximate surface area is 107 Å². The molecular weight excluding hydrogens is 228 g/mol. The van der Waals surface area contributed by atoms with Crippen LogP contribution in [-0.2, 0) is 4.79 Å². The standard InChI is InChI=1S/C13H20N4O/c1-10(18)15-9-11-5-7-17(8-6-11)13-4-2-3-12(14)16-13/h2-4,11H,5-9H2,1H3,(H2,14,16)(H,15,18). The number of hydrogen-bond acceptors (Lipinski definition) is 4. The second-order valence-electron chi connectivity index (χ2n) is 4.79. The molecule has 5 nitrogen and oxygen atoms in total. The van der Waals surface area contributed by atoms with Crippen LogP contribution in [0.4, 0.5) is 11.6 Å². The van der Waals surface area contributed by atoms with Crippen LogP contribution in [0, 0.1) is 5.92 Å². The van der Waals surface area contributed by atoms with Gasteiger partial charge in [-0.2, -0.15) is 0 Å². The molecule has 0 bridgehead atoms. The number of carbonyl (C=O) groups is 1. The minimum Gasteiger partial charge on any atom is -0.384 e. The average molecular weight is 248 g/mol. The van der Waals surface area contributed by atoms with Gasteiger partial charge in [-0.3, -0.25) is 4.79 Å². The third kappa shape index (κ3) is 3.35. The van der Waals surface area contributed by atoms with Crippen molar-refractivity contribution in [2.45, 2.75) is 19.8 Å². The zero-order valence-electron chi connectivity index (χ0n) is 10.7. The van der Waals surface area contributed by atoms with Crippen molar-refractivity contribution in [3.05, 3.63) is 18.2 Å². The number of aromatic nitrogens is 1. The molecule has 0 aromatic carbocycles. The summed E-state index contributed by atoms with van der Waals surface area (Å²) < 4.78 is 0. The van der Waals surface area contributed by atoms with Crippen molar-refractivity contribution in [2.24, 2.45) is 5.92 Å². The van der Waals surface area contributed by atoms with E-state index in [1.54, 1.807) is 13.0 Å². The Morgan fingerprint density at radius 3 is 2.83 bits per heavy atom. The van der Waals surface area contributed by atoms with E-state index in [-0.39, 0.29) is 5.91 Å². The smallest absolute Gasteiger partial charge is 0.216 e. The molecule has 1 aromatic heterocycles. The minimum atomic E-state index is 0.0509. The summed E-state index contributed by atoms with van der Waals surface area (Å²) in [7, 11) is 0. The molecule has 0 spiro atoms. The number of hydrogen-bond donors (Lipinski definition) is 2. The molecule has 1 aliphatic heterocycles. The lowest BCUT2D eigenvalue weighted by molar-refractivity contribution is -0.119. The molecule has 3 N–H and O–H groups in total. The van der Waals surface area contributed by atoms with Crippen molar-refractivity contribution in [3.63, 3.8) is 0 Å². The van der Waals surface area contributed by atoms with Crippen LogP contribution < -0.4 is 16.0 Å². The van der Waals surface area contributed by atoms with E-state index < -0.39 is 0 Å². The van der Waals surface area contributed by atoms with Gasteiger partial charge < -0.3 is 16.0 Å². The van der Waals surface area contributed by atoms with Crippen molar-refractivity contribution < 1.29 is 4.79 Å². The van der Waals surface area contributed by atoms with E-state index in [1.165, 1.54) is 0 Å². The van der Waals surface area contributed by atoms with Crippen LogP contribution in [0.2, 0.25) is 0 Å². The largest absolute Gasteiger partial charge is 0.384 e. The Kier molecular flexibility index (Phi) is 4.02.